The molecule has 0 saturated carbocycles. The van der Waals surface area contributed by atoms with Gasteiger partial charge in [0, 0.05) is 11.4 Å². The lowest BCUT2D eigenvalue weighted by Crippen LogP contribution is -2.37. The Labute approximate surface area is 109 Å². The first-order valence-corrected chi connectivity index (χ1v) is 6.53. The van der Waals surface area contributed by atoms with Crippen molar-refractivity contribution in [3.8, 4) is 0 Å². The minimum absolute atomic E-state index is 0.218. The van der Waals surface area contributed by atoms with Crippen LogP contribution in [0.25, 0.3) is 0 Å². The van der Waals surface area contributed by atoms with E-state index < -0.39 is 5.24 Å². The third kappa shape index (κ3) is 2.48. The third-order valence-electron chi connectivity index (χ3n) is 2.44. The SMILES string of the molecule is CNCc1ccc2c(c1)N(C(=O)S)C(=O)CS2. The van der Waals surface area contributed by atoms with Crippen LogP contribution in [-0.4, -0.2) is 23.9 Å². The average Bonchev–Trinajstić information content (AvgIpc) is 2.28. The van der Waals surface area contributed by atoms with Crippen LogP contribution in [0.3, 0.4) is 0 Å². The van der Waals surface area contributed by atoms with Gasteiger partial charge in [0.2, 0.25) is 5.91 Å². The van der Waals surface area contributed by atoms with Crippen LogP contribution in [0.5, 0.6) is 0 Å². The normalized spacial score (nSPS) is 14.7. The van der Waals surface area contributed by atoms with Crippen molar-refractivity contribution in [2.75, 3.05) is 17.7 Å². The van der Waals surface area contributed by atoms with Gasteiger partial charge >= 0.3 is 0 Å². The van der Waals surface area contributed by atoms with Crippen molar-refractivity contribution < 1.29 is 9.59 Å². The molecule has 0 atom stereocenters. The van der Waals surface area contributed by atoms with Gasteiger partial charge < -0.3 is 5.32 Å². The molecule has 0 bridgehead atoms. The number of thiol groups is 1. The highest BCUT2D eigenvalue weighted by Crippen LogP contribution is 2.36. The van der Waals surface area contributed by atoms with E-state index in [1.54, 1.807) is 0 Å². The van der Waals surface area contributed by atoms with Crippen LogP contribution in [0.15, 0.2) is 23.1 Å². The molecule has 1 heterocycles. The first-order chi connectivity index (χ1) is 8.13. The summed E-state index contributed by atoms with van der Waals surface area (Å²) in [6.45, 7) is 0.695. The summed E-state index contributed by atoms with van der Waals surface area (Å²) in [7, 11) is 1.85. The number of imide groups is 1. The van der Waals surface area contributed by atoms with Crippen LogP contribution < -0.4 is 10.2 Å². The third-order valence-corrected chi connectivity index (χ3v) is 3.68. The Bertz CT molecular complexity index is 477. The summed E-state index contributed by atoms with van der Waals surface area (Å²) in [5.41, 5.74) is 1.67. The van der Waals surface area contributed by atoms with Crippen molar-refractivity contribution in [3.63, 3.8) is 0 Å². The molecule has 0 fully saturated rings. The lowest BCUT2D eigenvalue weighted by Gasteiger charge is -2.26. The maximum Gasteiger partial charge on any atom is 0.289 e. The number of hydrogen-bond donors (Lipinski definition) is 2. The van der Waals surface area contributed by atoms with E-state index in [2.05, 4.69) is 17.9 Å². The lowest BCUT2D eigenvalue weighted by molar-refractivity contribution is -0.115. The molecule has 1 aliphatic heterocycles. The van der Waals surface area contributed by atoms with Gasteiger partial charge in [0.1, 0.15) is 0 Å². The average molecular weight is 268 g/mol. The van der Waals surface area contributed by atoms with Gasteiger partial charge in [-0.1, -0.05) is 18.7 Å². The smallest absolute Gasteiger partial charge is 0.289 e. The molecule has 2 rings (SSSR count). The molecule has 1 aromatic rings. The molecule has 2 amide bonds. The molecule has 1 N–H and O–H groups in total. The number of amides is 2. The molecule has 4 nitrogen and oxygen atoms in total. The second-order valence-electron chi connectivity index (χ2n) is 3.63. The maximum atomic E-state index is 11.7. The van der Waals surface area contributed by atoms with Crippen molar-refractivity contribution in [2.24, 2.45) is 0 Å². The summed E-state index contributed by atoms with van der Waals surface area (Å²) in [4.78, 5) is 25.1. The van der Waals surface area contributed by atoms with Crippen LogP contribution in [0, 0.1) is 0 Å². The summed E-state index contributed by atoms with van der Waals surface area (Å²) >= 11 is 5.20. The van der Waals surface area contributed by atoms with E-state index in [4.69, 9.17) is 0 Å². The van der Waals surface area contributed by atoms with Crippen molar-refractivity contribution in [1.29, 1.82) is 0 Å². The number of thioether (sulfide) groups is 1. The van der Waals surface area contributed by atoms with E-state index in [-0.39, 0.29) is 11.7 Å². The monoisotopic (exact) mass is 268 g/mol. The first-order valence-electron chi connectivity index (χ1n) is 5.09. The molecule has 0 aromatic heterocycles. The molecule has 1 aliphatic rings. The van der Waals surface area contributed by atoms with Gasteiger partial charge in [-0.15, -0.1) is 11.8 Å². The van der Waals surface area contributed by atoms with E-state index in [9.17, 15) is 9.59 Å². The van der Waals surface area contributed by atoms with Gasteiger partial charge in [-0.05, 0) is 24.7 Å². The van der Waals surface area contributed by atoms with Gasteiger partial charge in [0.05, 0.1) is 11.4 Å². The first kappa shape index (κ1) is 12.5. The second-order valence-corrected chi connectivity index (χ2v) is 5.03. The van der Waals surface area contributed by atoms with E-state index in [0.29, 0.717) is 12.2 Å². The fourth-order valence-electron chi connectivity index (χ4n) is 1.72. The molecular formula is C11H12N2O2S2. The topological polar surface area (TPSA) is 49.4 Å². The summed E-state index contributed by atoms with van der Waals surface area (Å²) in [5, 5.41) is 2.50. The molecule has 1 aromatic carbocycles. The molecule has 0 saturated heterocycles. The Morgan fingerprint density at radius 2 is 2.35 bits per heavy atom. The zero-order chi connectivity index (χ0) is 12.4. The Hall–Kier alpha value is -0.980. The van der Waals surface area contributed by atoms with Crippen molar-refractivity contribution in [1.82, 2.24) is 5.32 Å². The maximum absolute atomic E-state index is 11.7. The van der Waals surface area contributed by atoms with E-state index in [1.165, 1.54) is 11.8 Å². The molecule has 0 spiro atoms. The quantitative estimate of drug-likeness (QED) is 0.804. The Morgan fingerprint density at radius 3 is 3.00 bits per heavy atom. The number of carbonyl (C=O) groups is 2. The van der Waals surface area contributed by atoms with Crippen molar-refractivity contribution in [2.45, 2.75) is 11.4 Å². The zero-order valence-electron chi connectivity index (χ0n) is 9.27. The van der Waals surface area contributed by atoms with Gasteiger partial charge in [-0.25, -0.2) is 4.90 Å². The zero-order valence-corrected chi connectivity index (χ0v) is 11.0. The number of nitrogens with one attached hydrogen (secondary N) is 1. The fourth-order valence-corrected chi connectivity index (χ4v) is 2.81. The van der Waals surface area contributed by atoms with Crippen LogP contribution >= 0.6 is 24.4 Å². The van der Waals surface area contributed by atoms with E-state index in [0.717, 1.165) is 15.4 Å². The van der Waals surface area contributed by atoms with Gasteiger partial charge in [-0.2, -0.15) is 0 Å². The number of fused-ring (bicyclic) bond motifs is 1. The Kier molecular flexibility index (Phi) is 3.76. The van der Waals surface area contributed by atoms with Crippen molar-refractivity contribution in [3.05, 3.63) is 23.8 Å². The molecule has 0 unspecified atom stereocenters. The number of benzene rings is 1. The highest BCUT2D eigenvalue weighted by atomic mass is 32.2. The number of anilines is 1. The summed E-state index contributed by atoms with van der Waals surface area (Å²) in [5.74, 6) is 0.0640. The van der Waals surface area contributed by atoms with Crippen LogP contribution in [0.4, 0.5) is 10.5 Å². The Balaban J connectivity index is 2.45. The highest BCUT2D eigenvalue weighted by molar-refractivity contribution is 8.00. The molecule has 90 valence electrons. The van der Waals surface area contributed by atoms with Gasteiger partial charge in [0.25, 0.3) is 5.24 Å². The van der Waals surface area contributed by atoms with Crippen LogP contribution in [-0.2, 0) is 11.3 Å². The van der Waals surface area contributed by atoms with Crippen LogP contribution in [0.1, 0.15) is 5.56 Å². The molecule has 0 aliphatic carbocycles. The number of rotatable bonds is 2. The highest BCUT2D eigenvalue weighted by Gasteiger charge is 2.28. The summed E-state index contributed by atoms with van der Waals surface area (Å²) in [6.07, 6.45) is 0. The predicted octanol–water partition coefficient (Wildman–Crippen LogP) is 1.89. The summed E-state index contributed by atoms with van der Waals surface area (Å²) in [6, 6.07) is 5.77. The predicted molar refractivity (Wildman–Crippen MR) is 71.8 cm³/mol. The Morgan fingerprint density at radius 1 is 1.59 bits per heavy atom. The minimum atomic E-state index is -0.529. The fraction of sp³-hybridized carbons (Fsp3) is 0.273. The molecule has 6 heteroatoms. The largest absolute Gasteiger partial charge is 0.316 e. The van der Waals surface area contributed by atoms with E-state index >= 15 is 0 Å². The number of hydrogen-bond acceptors (Lipinski definition) is 4. The lowest BCUT2D eigenvalue weighted by atomic mass is 10.2. The van der Waals surface area contributed by atoms with Crippen molar-refractivity contribution >= 4 is 41.2 Å². The standard InChI is InChI=1S/C11H12N2O2S2/c1-12-5-7-2-3-9-8(4-7)13(11(15)16)10(14)6-17-9/h2-4,12H,5-6H2,1H3,(H,15,16). The summed E-state index contributed by atoms with van der Waals surface area (Å²) < 4.78 is 0. The minimum Gasteiger partial charge on any atom is -0.316 e. The second kappa shape index (κ2) is 5.12. The van der Waals surface area contributed by atoms with Crippen LogP contribution in [0.2, 0.25) is 0 Å². The van der Waals surface area contributed by atoms with Gasteiger partial charge in [0.15, 0.2) is 0 Å². The number of nitrogens with zero attached hydrogens (tertiary/aromatic N) is 1. The number of carbonyl (C=O) groups excluding carboxylic acids is 2. The van der Waals surface area contributed by atoms with E-state index in [1.807, 2.05) is 25.2 Å². The van der Waals surface area contributed by atoms with Gasteiger partial charge in [-0.3, -0.25) is 9.59 Å². The molecule has 0 radical (unpaired) electrons. The molecule has 17 heavy (non-hydrogen) atoms. The molecular weight excluding hydrogens is 256 g/mol.